The molecular weight excluding hydrogens is 258 g/mol. The van der Waals surface area contributed by atoms with Crippen LogP contribution < -0.4 is 5.32 Å². The van der Waals surface area contributed by atoms with Gasteiger partial charge in [0, 0.05) is 13.0 Å². The molecule has 18 heavy (non-hydrogen) atoms. The third kappa shape index (κ3) is 2.75. The van der Waals surface area contributed by atoms with Crippen LogP contribution in [-0.4, -0.2) is 26.6 Å². The molecular formula is C10H10ClN5O2. The zero-order valence-corrected chi connectivity index (χ0v) is 10.0. The van der Waals surface area contributed by atoms with Gasteiger partial charge in [0.2, 0.25) is 0 Å². The standard InChI is InChI=1S/C10H10ClN5O2/c11-7-2-1-3-8(10(7)16(17)18)12-5-4-9-13-6-14-15-9/h1-3,6,12H,4-5H2,(H,13,14,15). The van der Waals surface area contributed by atoms with E-state index in [-0.39, 0.29) is 10.7 Å². The Bertz CT molecular complexity index is 543. The first-order valence-electron chi connectivity index (χ1n) is 5.19. The Morgan fingerprint density at radius 1 is 1.50 bits per heavy atom. The Hall–Kier alpha value is -2.15. The Balaban J connectivity index is 2.05. The van der Waals surface area contributed by atoms with Gasteiger partial charge in [-0.05, 0) is 12.1 Å². The third-order valence-electron chi connectivity index (χ3n) is 2.31. The van der Waals surface area contributed by atoms with Crippen LogP contribution in [0, 0.1) is 10.1 Å². The maximum absolute atomic E-state index is 10.9. The van der Waals surface area contributed by atoms with E-state index in [1.54, 1.807) is 12.1 Å². The fraction of sp³-hybridized carbons (Fsp3) is 0.200. The minimum Gasteiger partial charge on any atom is -0.379 e. The van der Waals surface area contributed by atoms with Crippen molar-refractivity contribution in [2.45, 2.75) is 6.42 Å². The number of aromatic amines is 1. The highest BCUT2D eigenvalue weighted by atomic mass is 35.5. The minimum absolute atomic E-state index is 0.114. The van der Waals surface area contributed by atoms with Gasteiger partial charge < -0.3 is 5.32 Å². The molecule has 0 saturated carbocycles. The fourth-order valence-electron chi connectivity index (χ4n) is 1.51. The molecule has 1 heterocycles. The Kier molecular flexibility index (Phi) is 3.73. The van der Waals surface area contributed by atoms with Gasteiger partial charge in [-0.15, -0.1) is 0 Å². The summed E-state index contributed by atoms with van der Waals surface area (Å²) in [6, 6.07) is 4.76. The summed E-state index contributed by atoms with van der Waals surface area (Å²) in [7, 11) is 0. The Morgan fingerprint density at radius 2 is 2.33 bits per heavy atom. The molecule has 0 aliphatic heterocycles. The van der Waals surface area contributed by atoms with Crippen LogP contribution in [0.2, 0.25) is 5.02 Å². The summed E-state index contributed by atoms with van der Waals surface area (Å²) < 4.78 is 0. The van der Waals surface area contributed by atoms with Crippen molar-refractivity contribution in [1.82, 2.24) is 15.2 Å². The largest absolute Gasteiger partial charge is 0.379 e. The molecule has 0 saturated heterocycles. The van der Waals surface area contributed by atoms with E-state index in [2.05, 4.69) is 20.5 Å². The van der Waals surface area contributed by atoms with E-state index >= 15 is 0 Å². The van der Waals surface area contributed by atoms with Gasteiger partial charge in [0.25, 0.3) is 0 Å². The van der Waals surface area contributed by atoms with E-state index in [1.165, 1.54) is 12.4 Å². The molecule has 1 aromatic carbocycles. The molecule has 0 atom stereocenters. The summed E-state index contributed by atoms with van der Waals surface area (Å²) in [5.41, 5.74) is 0.281. The van der Waals surface area contributed by atoms with Gasteiger partial charge in [-0.2, -0.15) is 5.10 Å². The van der Waals surface area contributed by atoms with Crippen molar-refractivity contribution in [2.24, 2.45) is 0 Å². The third-order valence-corrected chi connectivity index (χ3v) is 2.62. The van der Waals surface area contributed by atoms with E-state index in [1.807, 2.05) is 0 Å². The van der Waals surface area contributed by atoms with Gasteiger partial charge in [0.05, 0.1) is 4.92 Å². The molecule has 0 unspecified atom stereocenters. The maximum atomic E-state index is 10.9. The molecule has 0 bridgehead atoms. The predicted octanol–water partition coefficient (Wildman–Crippen LogP) is 2.02. The van der Waals surface area contributed by atoms with Crippen molar-refractivity contribution in [3.8, 4) is 0 Å². The van der Waals surface area contributed by atoms with Crippen LogP contribution in [0.5, 0.6) is 0 Å². The summed E-state index contributed by atoms with van der Waals surface area (Å²) in [4.78, 5) is 14.3. The lowest BCUT2D eigenvalue weighted by atomic mass is 10.2. The van der Waals surface area contributed by atoms with E-state index in [0.29, 0.717) is 24.5 Å². The average molecular weight is 268 g/mol. The molecule has 0 aliphatic rings. The lowest BCUT2D eigenvalue weighted by Crippen LogP contribution is -2.08. The van der Waals surface area contributed by atoms with Crippen molar-refractivity contribution < 1.29 is 4.92 Å². The summed E-state index contributed by atoms with van der Waals surface area (Å²) in [5, 5.41) is 20.4. The van der Waals surface area contributed by atoms with Crippen LogP contribution in [0.1, 0.15) is 5.82 Å². The number of nitro benzene ring substituents is 1. The highest BCUT2D eigenvalue weighted by Crippen LogP contribution is 2.31. The molecule has 0 spiro atoms. The number of halogens is 1. The van der Waals surface area contributed by atoms with Crippen molar-refractivity contribution in [3.63, 3.8) is 0 Å². The molecule has 0 amide bonds. The predicted molar refractivity (Wildman–Crippen MR) is 66.7 cm³/mol. The Labute approximate surface area is 107 Å². The topological polar surface area (TPSA) is 96.7 Å². The first-order chi connectivity index (χ1) is 8.68. The fourth-order valence-corrected chi connectivity index (χ4v) is 1.75. The number of anilines is 1. The van der Waals surface area contributed by atoms with Crippen molar-refractivity contribution in [1.29, 1.82) is 0 Å². The first kappa shape index (κ1) is 12.3. The number of para-hydroxylation sites is 1. The smallest absolute Gasteiger partial charge is 0.310 e. The van der Waals surface area contributed by atoms with Gasteiger partial charge in [-0.25, -0.2) is 4.98 Å². The zero-order valence-electron chi connectivity index (χ0n) is 9.26. The number of nitro groups is 1. The number of benzene rings is 1. The molecule has 2 rings (SSSR count). The molecule has 1 aromatic heterocycles. The molecule has 0 radical (unpaired) electrons. The maximum Gasteiger partial charge on any atom is 0.310 e. The van der Waals surface area contributed by atoms with Crippen molar-refractivity contribution >= 4 is 23.0 Å². The second-order valence-electron chi connectivity index (χ2n) is 3.50. The SMILES string of the molecule is O=[N+]([O-])c1c(Cl)cccc1NCCc1ncn[nH]1. The molecule has 2 aromatic rings. The number of rotatable bonds is 5. The molecule has 8 heteroatoms. The highest BCUT2D eigenvalue weighted by molar-refractivity contribution is 6.33. The number of hydrogen-bond donors (Lipinski definition) is 2. The van der Waals surface area contributed by atoms with Gasteiger partial charge in [0.1, 0.15) is 22.9 Å². The monoisotopic (exact) mass is 267 g/mol. The lowest BCUT2D eigenvalue weighted by molar-refractivity contribution is -0.383. The second-order valence-corrected chi connectivity index (χ2v) is 3.91. The number of hydrogen-bond acceptors (Lipinski definition) is 5. The Morgan fingerprint density at radius 3 is 3.00 bits per heavy atom. The molecule has 7 nitrogen and oxygen atoms in total. The molecule has 0 aliphatic carbocycles. The van der Waals surface area contributed by atoms with Crippen LogP contribution in [-0.2, 0) is 6.42 Å². The van der Waals surface area contributed by atoms with Crippen LogP contribution in [0.4, 0.5) is 11.4 Å². The zero-order chi connectivity index (χ0) is 13.0. The highest BCUT2D eigenvalue weighted by Gasteiger charge is 2.17. The van der Waals surface area contributed by atoms with Gasteiger partial charge in [-0.1, -0.05) is 17.7 Å². The minimum atomic E-state index is -0.501. The van der Waals surface area contributed by atoms with Gasteiger partial charge >= 0.3 is 5.69 Å². The number of nitrogens with one attached hydrogen (secondary N) is 2. The quantitative estimate of drug-likeness (QED) is 0.638. The van der Waals surface area contributed by atoms with Gasteiger partial charge in [0.15, 0.2) is 0 Å². The summed E-state index contributed by atoms with van der Waals surface area (Å²) in [6.45, 7) is 0.496. The van der Waals surface area contributed by atoms with Crippen molar-refractivity contribution in [3.05, 3.63) is 45.5 Å². The average Bonchev–Trinajstić information content (AvgIpc) is 2.81. The number of nitrogens with zero attached hydrogens (tertiary/aromatic N) is 3. The van der Waals surface area contributed by atoms with Crippen LogP contribution in [0.25, 0.3) is 0 Å². The van der Waals surface area contributed by atoms with Crippen LogP contribution in [0.3, 0.4) is 0 Å². The molecule has 0 fully saturated rings. The van der Waals surface area contributed by atoms with E-state index < -0.39 is 4.92 Å². The van der Waals surface area contributed by atoms with E-state index in [0.717, 1.165) is 0 Å². The summed E-state index contributed by atoms with van der Waals surface area (Å²) >= 11 is 5.79. The number of aromatic nitrogens is 3. The van der Waals surface area contributed by atoms with Gasteiger partial charge in [-0.3, -0.25) is 15.2 Å². The molecule has 94 valence electrons. The van der Waals surface area contributed by atoms with Crippen molar-refractivity contribution in [2.75, 3.05) is 11.9 Å². The lowest BCUT2D eigenvalue weighted by Gasteiger charge is -2.06. The van der Waals surface area contributed by atoms with Crippen LogP contribution >= 0.6 is 11.6 Å². The van der Waals surface area contributed by atoms with E-state index in [9.17, 15) is 10.1 Å². The normalized spacial score (nSPS) is 10.3. The van der Waals surface area contributed by atoms with Crippen LogP contribution in [0.15, 0.2) is 24.5 Å². The summed E-state index contributed by atoms with van der Waals surface area (Å²) in [6.07, 6.45) is 2.00. The van der Waals surface area contributed by atoms with E-state index in [4.69, 9.17) is 11.6 Å². The molecule has 2 N–H and O–H groups in total. The second kappa shape index (κ2) is 5.46. The summed E-state index contributed by atoms with van der Waals surface area (Å²) in [5.74, 6) is 0.715. The first-order valence-corrected chi connectivity index (χ1v) is 5.57. The number of H-pyrrole nitrogens is 1.